The molecule has 4 nitrogen and oxygen atoms in total. The molecule has 1 aromatic carbocycles. The Labute approximate surface area is 100.0 Å². The van der Waals surface area contributed by atoms with Crippen molar-refractivity contribution < 1.29 is 9.31 Å². The molecule has 0 spiro atoms. The van der Waals surface area contributed by atoms with E-state index >= 15 is 0 Å². The molecular weight excluding hydrogens is 223 g/mol. The van der Waals surface area contributed by atoms with Crippen molar-refractivity contribution in [2.45, 2.75) is 32.7 Å². The van der Waals surface area contributed by atoms with E-state index in [-0.39, 0.29) is 11.7 Å². The van der Waals surface area contributed by atoms with Crippen LogP contribution in [0.2, 0.25) is 0 Å². The lowest BCUT2D eigenvalue weighted by molar-refractivity contribution is -0.385. The molecule has 0 aromatic heterocycles. The number of rotatable bonds is 6. The molecule has 1 N–H and O–H groups in total. The van der Waals surface area contributed by atoms with Gasteiger partial charge in [-0.15, -0.1) is 0 Å². The summed E-state index contributed by atoms with van der Waals surface area (Å²) in [6, 6.07) is 3.95. The maximum Gasteiger partial charge on any atom is 0.272 e. The molecule has 0 saturated carbocycles. The molecule has 1 atom stereocenters. The Morgan fingerprint density at radius 1 is 1.53 bits per heavy atom. The van der Waals surface area contributed by atoms with E-state index in [9.17, 15) is 14.5 Å². The highest BCUT2D eigenvalue weighted by molar-refractivity contribution is 5.34. The van der Waals surface area contributed by atoms with Crippen molar-refractivity contribution in [1.29, 1.82) is 0 Å². The summed E-state index contributed by atoms with van der Waals surface area (Å²) in [4.78, 5) is 9.86. The molecule has 0 radical (unpaired) electrons. The van der Waals surface area contributed by atoms with E-state index in [0.717, 1.165) is 19.0 Å². The minimum absolute atomic E-state index is 0.158. The van der Waals surface area contributed by atoms with Gasteiger partial charge in [-0.2, -0.15) is 0 Å². The average molecular weight is 240 g/mol. The molecule has 0 heterocycles. The van der Waals surface area contributed by atoms with Crippen molar-refractivity contribution in [3.05, 3.63) is 39.7 Å². The number of nitro benzene ring substituents is 1. The number of nitro groups is 1. The number of hydrogen-bond donors (Lipinski definition) is 1. The normalized spacial score (nSPS) is 12.4. The molecular formula is C12H17FN2O2. The molecule has 0 fully saturated rings. The van der Waals surface area contributed by atoms with E-state index in [0.29, 0.717) is 12.0 Å². The molecule has 5 heteroatoms. The number of nitrogens with zero attached hydrogens (tertiary/aromatic N) is 1. The molecule has 0 saturated heterocycles. The summed E-state index contributed by atoms with van der Waals surface area (Å²) in [5.74, 6) is -0.510. The van der Waals surface area contributed by atoms with Crippen molar-refractivity contribution in [3.63, 3.8) is 0 Å². The third-order valence-electron chi connectivity index (χ3n) is 2.52. The third kappa shape index (κ3) is 4.11. The monoisotopic (exact) mass is 240 g/mol. The summed E-state index contributed by atoms with van der Waals surface area (Å²) in [6.07, 6.45) is 1.55. The van der Waals surface area contributed by atoms with Gasteiger partial charge in [0.15, 0.2) is 0 Å². The van der Waals surface area contributed by atoms with Gasteiger partial charge in [-0.25, -0.2) is 4.39 Å². The standard InChI is InChI=1S/C12H17FN2O2/c1-3-6-14-9(2)7-10-4-5-11(15(16)17)8-12(10)13/h4-5,8-9,14H,3,6-7H2,1-2H3. The second-order valence-corrected chi connectivity index (χ2v) is 4.09. The van der Waals surface area contributed by atoms with Crippen molar-refractivity contribution in [3.8, 4) is 0 Å². The lowest BCUT2D eigenvalue weighted by Gasteiger charge is -2.13. The summed E-state index contributed by atoms with van der Waals surface area (Å²) < 4.78 is 13.6. The van der Waals surface area contributed by atoms with Crippen LogP contribution >= 0.6 is 0 Å². The van der Waals surface area contributed by atoms with Crippen LogP contribution in [0.25, 0.3) is 0 Å². The third-order valence-corrected chi connectivity index (χ3v) is 2.52. The van der Waals surface area contributed by atoms with Gasteiger partial charge in [-0.05, 0) is 37.9 Å². The molecule has 0 aliphatic rings. The highest BCUT2D eigenvalue weighted by Crippen LogP contribution is 2.17. The summed E-state index contributed by atoms with van der Waals surface area (Å²) in [5, 5.41) is 13.7. The molecule has 0 amide bonds. The van der Waals surface area contributed by atoms with Gasteiger partial charge in [-0.1, -0.05) is 6.92 Å². The number of hydrogen-bond acceptors (Lipinski definition) is 3. The Morgan fingerprint density at radius 2 is 2.24 bits per heavy atom. The topological polar surface area (TPSA) is 55.2 Å². The fourth-order valence-corrected chi connectivity index (χ4v) is 1.61. The lowest BCUT2D eigenvalue weighted by Crippen LogP contribution is -2.28. The largest absolute Gasteiger partial charge is 0.314 e. The van der Waals surface area contributed by atoms with Crippen LogP contribution in [0.15, 0.2) is 18.2 Å². The summed E-state index contributed by atoms with van der Waals surface area (Å²) in [6.45, 7) is 4.92. The molecule has 94 valence electrons. The minimum Gasteiger partial charge on any atom is -0.314 e. The maximum atomic E-state index is 13.6. The van der Waals surface area contributed by atoms with E-state index in [4.69, 9.17) is 0 Å². The van der Waals surface area contributed by atoms with Crippen molar-refractivity contribution in [2.24, 2.45) is 0 Å². The number of nitrogens with one attached hydrogen (secondary N) is 1. The Balaban J connectivity index is 2.69. The van der Waals surface area contributed by atoms with Crippen LogP contribution in [0.5, 0.6) is 0 Å². The van der Waals surface area contributed by atoms with Crippen LogP contribution in [-0.2, 0) is 6.42 Å². The van der Waals surface area contributed by atoms with Crippen LogP contribution in [-0.4, -0.2) is 17.5 Å². The van der Waals surface area contributed by atoms with Crippen LogP contribution in [0.1, 0.15) is 25.8 Å². The first-order valence-corrected chi connectivity index (χ1v) is 5.70. The van der Waals surface area contributed by atoms with Crippen LogP contribution in [0.3, 0.4) is 0 Å². The predicted molar refractivity (Wildman–Crippen MR) is 64.5 cm³/mol. The van der Waals surface area contributed by atoms with E-state index < -0.39 is 10.7 Å². The first-order chi connectivity index (χ1) is 8.04. The molecule has 1 unspecified atom stereocenters. The molecule has 0 aliphatic heterocycles. The second-order valence-electron chi connectivity index (χ2n) is 4.09. The van der Waals surface area contributed by atoms with Gasteiger partial charge in [0.1, 0.15) is 5.82 Å². The van der Waals surface area contributed by atoms with Gasteiger partial charge in [0.25, 0.3) is 5.69 Å². The van der Waals surface area contributed by atoms with Crippen LogP contribution < -0.4 is 5.32 Å². The Morgan fingerprint density at radius 3 is 2.76 bits per heavy atom. The minimum atomic E-state index is -0.592. The number of halogens is 1. The van der Waals surface area contributed by atoms with Gasteiger partial charge in [-0.3, -0.25) is 10.1 Å². The summed E-state index contributed by atoms with van der Waals surface area (Å²) in [5.41, 5.74) is 0.298. The quantitative estimate of drug-likeness (QED) is 0.614. The Bertz CT molecular complexity index is 396. The second kappa shape index (κ2) is 6.30. The first-order valence-electron chi connectivity index (χ1n) is 5.70. The fourth-order valence-electron chi connectivity index (χ4n) is 1.61. The van der Waals surface area contributed by atoms with E-state index in [2.05, 4.69) is 12.2 Å². The summed E-state index contributed by atoms with van der Waals surface area (Å²) in [7, 11) is 0. The Kier molecular flexibility index (Phi) is 5.03. The van der Waals surface area contributed by atoms with Crippen molar-refractivity contribution in [2.75, 3.05) is 6.54 Å². The lowest BCUT2D eigenvalue weighted by atomic mass is 10.1. The van der Waals surface area contributed by atoms with Gasteiger partial charge in [0.05, 0.1) is 11.0 Å². The van der Waals surface area contributed by atoms with Crippen LogP contribution in [0, 0.1) is 15.9 Å². The first kappa shape index (κ1) is 13.6. The predicted octanol–water partition coefficient (Wildman–Crippen LogP) is 2.66. The van der Waals surface area contributed by atoms with E-state index in [1.807, 2.05) is 6.92 Å². The van der Waals surface area contributed by atoms with E-state index in [1.165, 1.54) is 12.1 Å². The smallest absolute Gasteiger partial charge is 0.272 e. The number of benzene rings is 1. The molecule has 1 aromatic rings. The maximum absolute atomic E-state index is 13.6. The molecule has 0 aliphatic carbocycles. The summed E-state index contributed by atoms with van der Waals surface area (Å²) >= 11 is 0. The number of non-ortho nitro benzene ring substituents is 1. The highest BCUT2D eigenvalue weighted by Gasteiger charge is 2.12. The van der Waals surface area contributed by atoms with Gasteiger partial charge >= 0.3 is 0 Å². The van der Waals surface area contributed by atoms with Crippen molar-refractivity contribution in [1.82, 2.24) is 5.32 Å². The van der Waals surface area contributed by atoms with Gasteiger partial charge in [0.2, 0.25) is 0 Å². The molecule has 0 bridgehead atoms. The highest BCUT2D eigenvalue weighted by atomic mass is 19.1. The zero-order chi connectivity index (χ0) is 12.8. The zero-order valence-electron chi connectivity index (χ0n) is 10.1. The zero-order valence-corrected chi connectivity index (χ0v) is 10.1. The SMILES string of the molecule is CCCNC(C)Cc1ccc([N+](=O)[O-])cc1F. The Hall–Kier alpha value is -1.49. The van der Waals surface area contributed by atoms with E-state index in [1.54, 1.807) is 0 Å². The molecule has 17 heavy (non-hydrogen) atoms. The average Bonchev–Trinajstić information content (AvgIpc) is 2.28. The van der Waals surface area contributed by atoms with Crippen molar-refractivity contribution >= 4 is 5.69 Å². The van der Waals surface area contributed by atoms with Gasteiger partial charge in [0, 0.05) is 12.1 Å². The van der Waals surface area contributed by atoms with Gasteiger partial charge < -0.3 is 5.32 Å². The fraction of sp³-hybridized carbons (Fsp3) is 0.500. The molecule has 1 rings (SSSR count). The van der Waals surface area contributed by atoms with Crippen LogP contribution in [0.4, 0.5) is 10.1 Å².